The van der Waals surface area contributed by atoms with Crippen LogP contribution in [-0.2, 0) is 26.9 Å². The second-order valence-electron chi connectivity index (χ2n) is 12.4. The number of ether oxygens (including phenoxy) is 1. The summed E-state index contributed by atoms with van der Waals surface area (Å²) in [6, 6.07) is 15.1. The van der Waals surface area contributed by atoms with Crippen LogP contribution in [0.4, 0.5) is 13.2 Å². The van der Waals surface area contributed by atoms with Gasteiger partial charge in [-0.3, -0.25) is 9.48 Å². The Morgan fingerprint density at radius 2 is 1.70 bits per heavy atom. The highest BCUT2D eigenvalue weighted by atomic mass is 19.4. The van der Waals surface area contributed by atoms with Crippen molar-refractivity contribution in [1.29, 1.82) is 0 Å². The lowest BCUT2D eigenvalue weighted by molar-refractivity contribution is -0.180. The SMILES string of the molecule is Cc1cc(-c2nc(-c3ccc(C(C)(C)C(F)(F)F)cc3)no2)nn1Cc1cccc(C(C)(C)COC(=O)C(N)C(C)C)c1. The van der Waals surface area contributed by atoms with Gasteiger partial charge >= 0.3 is 12.1 Å². The fourth-order valence-electron chi connectivity index (χ4n) is 4.39. The molecule has 1 unspecified atom stereocenters. The van der Waals surface area contributed by atoms with E-state index in [0.29, 0.717) is 17.8 Å². The summed E-state index contributed by atoms with van der Waals surface area (Å²) in [6.07, 6.45) is -4.38. The second kappa shape index (κ2) is 11.9. The molecular weight excluding hydrogens is 559 g/mol. The van der Waals surface area contributed by atoms with Crippen molar-refractivity contribution in [3.05, 3.63) is 77.0 Å². The number of aromatic nitrogens is 4. The van der Waals surface area contributed by atoms with Crippen molar-refractivity contribution in [3.63, 3.8) is 0 Å². The van der Waals surface area contributed by atoms with Crippen LogP contribution in [0.1, 0.15) is 63.9 Å². The number of halogens is 3. The monoisotopic (exact) mass is 597 g/mol. The maximum absolute atomic E-state index is 13.4. The summed E-state index contributed by atoms with van der Waals surface area (Å²) in [5.41, 5.74) is 7.54. The van der Waals surface area contributed by atoms with Crippen molar-refractivity contribution in [1.82, 2.24) is 19.9 Å². The molecule has 1 atom stereocenters. The molecule has 4 aromatic rings. The van der Waals surface area contributed by atoms with Gasteiger partial charge in [-0.05, 0) is 49.4 Å². The van der Waals surface area contributed by atoms with Crippen molar-refractivity contribution in [2.24, 2.45) is 11.7 Å². The fourth-order valence-corrected chi connectivity index (χ4v) is 4.39. The number of esters is 1. The number of nitrogens with zero attached hydrogens (tertiary/aromatic N) is 4. The molecule has 0 radical (unpaired) electrons. The quantitative estimate of drug-likeness (QED) is 0.205. The highest BCUT2D eigenvalue weighted by Crippen LogP contribution is 2.40. The predicted molar refractivity (Wildman–Crippen MR) is 157 cm³/mol. The van der Waals surface area contributed by atoms with E-state index >= 15 is 0 Å². The molecule has 2 heterocycles. The summed E-state index contributed by atoms with van der Waals surface area (Å²) in [5.74, 6) is 0.0349. The first-order valence-corrected chi connectivity index (χ1v) is 14.1. The summed E-state index contributed by atoms with van der Waals surface area (Å²) < 4.78 is 53.0. The number of hydrogen-bond donors (Lipinski definition) is 1. The smallest absolute Gasteiger partial charge is 0.397 e. The number of carbonyl (C=O) groups excluding carboxylic acids is 1. The molecule has 2 N–H and O–H groups in total. The second-order valence-corrected chi connectivity index (χ2v) is 12.4. The Hall–Kier alpha value is -3.99. The first kappa shape index (κ1) is 31.9. The van der Waals surface area contributed by atoms with Crippen molar-refractivity contribution in [2.75, 3.05) is 6.61 Å². The van der Waals surface area contributed by atoms with Crippen LogP contribution in [0, 0.1) is 12.8 Å². The molecule has 230 valence electrons. The molecule has 11 heteroatoms. The lowest BCUT2D eigenvalue weighted by Gasteiger charge is -2.28. The standard InChI is InChI=1S/C32H38F3N5O3/c1-19(2)26(36)29(41)42-18-30(4,5)24-10-8-9-21(16-24)17-40-20(3)15-25(38-40)28-37-27(39-43-28)22-11-13-23(14-12-22)31(6,7)32(33,34)35/h8-16,19,26H,17-18,36H2,1-7H3. The molecule has 0 aliphatic carbocycles. The van der Waals surface area contributed by atoms with Crippen molar-refractivity contribution >= 4 is 5.97 Å². The topological polar surface area (TPSA) is 109 Å². The van der Waals surface area contributed by atoms with Gasteiger partial charge in [0.15, 0.2) is 5.69 Å². The normalized spacial score (nSPS) is 13.4. The minimum absolute atomic E-state index is 0.00860. The predicted octanol–water partition coefficient (Wildman–Crippen LogP) is 6.60. The third-order valence-corrected chi connectivity index (χ3v) is 7.81. The third kappa shape index (κ3) is 6.98. The molecule has 0 fully saturated rings. The average molecular weight is 598 g/mol. The summed E-state index contributed by atoms with van der Waals surface area (Å²) >= 11 is 0. The molecule has 0 saturated heterocycles. The first-order valence-electron chi connectivity index (χ1n) is 14.1. The number of rotatable bonds is 10. The zero-order chi connectivity index (χ0) is 31.7. The largest absolute Gasteiger partial charge is 0.464 e. The Labute approximate surface area is 249 Å². The number of benzene rings is 2. The van der Waals surface area contributed by atoms with Crippen LogP contribution in [0.3, 0.4) is 0 Å². The van der Waals surface area contributed by atoms with Gasteiger partial charge in [0, 0.05) is 16.7 Å². The zero-order valence-corrected chi connectivity index (χ0v) is 25.5. The molecule has 0 amide bonds. The number of hydrogen-bond acceptors (Lipinski definition) is 7. The Balaban J connectivity index is 1.47. The minimum Gasteiger partial charge on any atom is -0.464 e. The number of aryl methyl sites for hydroxylation is 1. The summed E-state index contributed by atoms with van der Waals surface area (Å²) in [7, 11) is 0. The molecular formula is C32H38F3N5O3. The van der Waals surface area contributed by atoms with Crippen LogP contribution in [-0.4, -0.2) is 44.7 Å². The summed E-state index contributed by atoms with van der Waals surface area (Å²) in [5, 5.41) is 8.67. The van der Waals surface area contributed by atoms with Gasteiger partial charge < -0.3 is 15.0 Å². The zero-order valence-electron chi connectivity index (χ0n) is 25.5. The molecule has 4 rings (SSSR count). The Morgan fingerprint density at radius 1 is 1.02 bits per heavy atom. The van der Waals surface area contributed by atoms with Crippen molar-refractivity contribution in [3.8, 4) is 23.0 Å². The number of alkyl halides is 3. The first-order chi connectivity index (χ1) is 20.0. The van der Waals surface area contributed by atoms with Crippen molar-refractivity contribution in [2.45, 2.75) is 78.1 Å². The average Bonchev–Trinajstić information content (AvgIpc) is 3.58. The van der Waals surface area contributed by atoms with Gasteiger partial charge in [-0.1, -0.05) is 81.4 Å². The summed E-state index contributed by atoms with van der Waals surface area (Å²) in [6.45, 7) is 12.7. The van der Waals surface area contributed by atoms with Gasteiger partial charge in [-0.25, -0.2) is 0 Å². The third-order valence-electron chi connectivity index (χ3n) is 7.81. The van der Waals surface area contributed by atoms with Gasteiger partial charge in [-0.15, -0.1) is 0 Å². The molecule has 0 spiro atoms. The van der Waals surface area contributed by atoms with Crippen LogP contribution in [0.25, 0.3) is 23.0 Å². The van der Waals surface area contributed by atoms with E-state index in [1.165, 1.54) is 12.1 Å². The van der Waals surface area contributed by atoms with Crippen LogP contribution in [0.2, 0.25) is 0 Å². The van der Waals surface area contributed by atoms with E-state index in [4.69, 9.17) is 15.0 Å². The molecule has 8 nitrogen and oxygen atoms in total. The van der Waals surface area contributed by atoms with Crippen LogP contribution in [0.5, 0.6) is 0 Å². The molecule has 0 aliphatic heterocycles. The van der Waals surface area contributed by atoms with E-state index in [-0.39, 0.29) is 29.8 Å². The lowest BCUT2D eigenvalue weighted by Crippen LogP contribution is -2.39. The van der Waals surface area contributed by atoms with E-state index in [0.717, 1.165) is 30.7 Å². The van der Waals surface area contributed by atoms with Crippen LogP contribution < -0.4 is 5.73 Å². The van der Waals surface area contributed by atoms with Gasteiger partial charge in [-0.2, -0.15) is 23.3 Å². The fraction of sp³-hybridized carbons (Fsp3) is 0.438. The van der Waals surface area contributed by atoms with Gasteiger partial charge in [0.2, 0.25) is 5.82 Å². The van der Waals surface area contributed by atoms with E-state index in [1.807, 2.05) is 63.6 Å². The van der Waals surface area contributed by atoms with E-state index in [9.17, 15) is 18.0 Å². The number of nitrogens with two attached hydrogens (primary N) is 1. The van der Waals surface area contributed by atoms with E-state index < -0.39 is 29.0 Å². The molecule has 2 aromatic heterocycles. The highest BCUT2D eigenvalue weighted by Gasteiger charge is 2.48. The van der Waals surface area contributed by atoms with Crippen molar-refractivity contribution < 1.29 is 27.2 Å². The Morgan fingerprint density at radius 3 is 2.33 bits per heavy atom. The molecule has 43 heavy (non-hydrogen) atoms. The maximum atomic E-state index is 13.4. The highest BCUT2D eigenvalue weighted by molar-refractivity contribution is 5.75. The van der Waals surface area contributed by atoms with Crippen LogP contribution >= 0.6 is 0 Å². The lowest BCUT2D eigenvalue weighted by atomic mass is 9.83. The molecule has 0 bridgehead atoms. The summed E-state index contributed by atoms with van der Waals surface area (Å²) in [4.78, 5) is 16.7. The maximum Gasteiger partial charge on any atom is 0.397 e. The van der Waals surface area contributed by atoms with Crippen LogP contribution in [0.15, 0.2) is 59.1 Å². The number of carbonyl (C=O) groups is 1. The van der Waals surface area contributed by atoms with Gasteiger partial charge in [0.05, 0.1) is 12.0 Å². The Bertz CT molecular complexity index is 1570. The van der Waals surface area contributed by atoms with E-state index in [2.05, 4.69) is 21.3 Å². The Kier molecular flexibility index (Phi) is 8.87. The molecule has 2 aromatic carbocycles. The minimum atomic E-state index is -4.38. The van der Waals surface area contributed by atoms with Gasteiger partial charge in [0.1, 0.15) is 12.6 Å². The van der Waals surface area contributed by atoms with E-state index in [1.54, 1.807) is 12.1 Å². The molecule has 0 saturated carbocycles. The van der Waals surface area contributed by atoms with Gasteiger partial charge in [0.25, 0.3) is 5.89 Å². The molecule has 0 aliphatic rings.